The first kappa shape index (κ1) is 10.6. The molecule has 6 heteroatoms. The molecule has 2 heterocycles. The van der Waals surface area contributed by atoms with Gasteiger partial charge in [-0.3, -0.25) is 0 Å². The van der Waals surface area contributed by atoms with Crippen molar-refractivity contribution in [3.05, 3.63) is 27.5 Å². The quantitative estimate of drug-likeness (QED) is 0.777. The normalized spacial score (nSPS) is 10.3. The van der Waals surface area contributed by atoms with E-state index in [1.54, 1.807) is 11.4 Å². The zero-order valence-corrected chi connectivity index (χ0v) is 10.1. The fraction of sp³-hybridized carbons (Fsp3) is 0.111. The van der Waals surface area contributed by atoms with Gasteiger partial charge in [-0.05, 0) is 12.1 Å². The smallest absolute Gasteiger partial charge is 0.357 e. The van der Waals surface area contributed by atoms with Crippen LogP contribution >= 0.6 is 34.3 Å². The standard InChI is InChI=1S/C9H6ClNO2S2/c1-13-9(12)5-4-14-8(11-5)6-2-3-7(10)15-6/h2-4H,1H3. The fourth-order valence-electron chi connectivity index (χ4n) is 1.01. The highest BCUT2D eigenvalue weighted by Gasteiger charge is 2.12. The zero-order valence-electron chi connectivity index (χ0n) is 7.69. The van der Waals surface area contributed by atoms with Gasteiger partial charge in [-0.2, -0.15) is 0 Å². The first-order chi connectivity index (χ1) is 7.20. The Labute approximate surface area is 99.3 Å². The van der Waals surface area contributed by atoms with Gasteiger partial charge in [-0.15, -0.1) is 22.7 Å². The van der Waals surface area contributed by atoms with Gasteiger partial charge in [0.1, 0.15) is 5.01 Å². The van der Waals surface area contributed by atoms with Gasteiger partial charge in [0.25, 0.3) is 0 Å². The summed E-state index contributed by atoms with van der Waals surface area (Å²) >= 11 is 8.64. The zero-order chi connectivity index (χ0) is 10.8. The molecule has 2 aromatic heterocycles. The number of methoxy groups -OCH3 is 1. The third-order valence-corrected chi connectivity index (χ3v) is 3.93. The average molecular weight is 260 g/mol. The Balaban J connectivity index is 2.31. The molecule has 0 spiro atoms. The number of esters is 1. The van der Waals surface area contributed by atoms with Crippen molar-refractivity contribution in [3.8, 4) is 9.88 Å². The molecule has 0 amide bonds. The van der Waals surface area contributed by atoms with Crippen molar-refractivity contribution in [3.63, 3.8) is 0 Å². The number of thiophene rings is 1. The molecule has 0 aliphatic carbocycles. The van der Waals surface area contributed by atoms with E-state index in [1.807, 2.05) is 6.07 Å². The van der Waals surface area contributed by atoms with Crippen molar-refractivity contribution in [1.82, 2.24) is 4.98 Å². The number of carbonyl (C=O) groups is 1. The van der Waals surface area contributed by atoms with E-state index in [0.717, 1.165) is 9.88 Å². The van der Waals surface area contributed by atoms with Crippen molar-refractivity contribution in [1.29, 1.82) is 0 Å². The molecule has 0 N–H and O–H groups in total. The summed E-state index contributed by atoms with van der Waals surface area (Å²) < 4.78 is 5.28. The Morgan fingerprint density at radius 3 is 2.93 bits per heavy atom. The molecule has 0 aliphatic heterocycles. The summed E-state index contributed by atoms with van der Waals surface area (Å²) in [5.41, 5.74) is 0.335. The maximum absolute atomic E-state index is 11.2. The van der Waals surface area contributed by atoms with Crippen LogP contribution in [0.1, 0.15) is 10.5 Å². The van der Waals surface area contributed by atoms with Crippen LogP contribution in [0.3, 0.4) is 0 Å². The van der Waals surface area contributed by atoms with E-state index in [4.69, 9.17) is 11.6 Å². The van der Waals surface area contributed by atoms with Crippen LogP contribution in [-0.2, 0) is 4.74 Å². The Kier molecular flexibility index (Phi) is 3.04. The molecule has 0 radical (unpaired) electrons. The number of thiazole rings is 1. The first-order valence-electron chi connectivity index (χ1n) is 4.00. The third-order valence-electron chi connectivity index (χ3n) is 1.68. The first-order valence-corrected chi connectivity index (χ1v) is 6.07. The number of carbonyl (C=O) groups excluding carboxylic acids is 1. The molecule has 0 fully saturated rings. The van der Waals surface area contributed by atoms with E-state index in [0.29, 0.717) is 10.0 Å². The van der Waals surface area contributed by atoms with Crippen molar-refractivity contribution in [2.24, 2.45) is 0 Å². The van der Waals surface area contributed by atoms with E-state index in [1.165, 1.54) is 29.8 Å². The van der Waals surface area contributed by atoms with Crippen LogP contribution in [0.2, 0.25) is 4.34 Å². The lowest BCUT2D eigenvalue weighted by Crippen LogP contribution is -2.00. The highest BCUT2D eigenvalue weighted by Crippen LogP contribution is 2.32. The molecule has 0 bridgehead atoms. The SMILES string of the molecule is COC(=O)c1csc(-c2ccc(Cl)s2)n1. The monoisotopic (exact) mass is 259 g/mol. The van der Waals surface area contributed by atoms with Gasteiger partial charge >= 0.3 is 5.97 Å². The van der Waals surface area contributed by atoms with Gasteiger partial charge in [-0.1, -0.05) is 11.6 Å². The minimum absolute atomic E-state index is 0.335. The predicted molar refractivity (Wildman–Crippen MR) is 61.8 cm³/mol. The highest BCUT2D eigenvalue weighted by molar-refractivity contribution is 7.23. The molecule has 2 rings (SSSR count). The molecular weight excluding hydrogens is 254 g/mol. The van der Waals surface area contributed by atoms with Gasteiger partial charge in [0.15, 0.2) is 5.69 Å². The molecule has 0 aliphatic rings. The van der Waals surface area contributed by atoms with Gasteiger partial charge < -0.3 is 4.74 Å². The summed E-state index contributed by atoms with van der Waals surface area (Å²) in [6.07, 6.45) is 0. The van der Waals surface area contributed by atoms with Crippen LogP contribution in [0.25, 0.3) is 9.88 Å². The molecule has 2 aromatic rings. The highest BCUT2D eigenvalue weighted by atomic mass is 35.5. The van der Waals surface area contributed by atoms with E-state index >= 15 is 0 Å². The summed E-state index contributed by atoms with van der Waals surface area (Å²) in [5.74, 6) is -0.417. The van der Waals surface area contributed by atoms with E-state index in [2.05, 4.69) is 9.72 Å². The number of hydrogen-bond donors (Lipinski definition) is 0. The minimum Gasteiger partial charge on any atom is -0.464 e. The maximum atomic E-state index is 11.2. The minimum atomic E-state index is -0.417. The lowest BCUT2D eigenvalue weighted by molar-refractivity contribution is 0.0595. The summed E-state index contributed by atoms with van der Waals surface area (Å²) in [5, 5.41) is 2.46. The van der Waals surface area contributed by atoms with Crippen LogP contribution < -0.4 is 0 Å². The van der Waals surface area contributed by atoms with E-state index in [9.17, 15) is 4.79 Å². The lowest BCUT2D eigenvalue weighted by Gasteiger charge is -1.91. The van der Waals surface area contributed by atoms with Crippen molar-refractivity contribution in [2.75, 3.05) is 7.11 Å². The second-order valence-electron chi connectivity index (χ2n) is 2.63. The van der Waals surface area contributed by atoms with Crippen molar-refractivity contribution < 1.29 is 9.53 Å². The van der Waals surface area contributed by atoms with Crippen LogP contribution in [0, 0.1) is 0 Å². The molecular formula is C9H6ClNO2S2. The summed E-state index contributed by atoms with van der Waals surface area (Å²) in [6, 6.07) is 3.69. The van der Waals surface area contributed by atoms with E-state index < -0.39 is 5.97 Å². The summed E-state index contributed by atoms with van der Waals surface area (Å²) in [7, 11) is 1.34. The lowest BCUT2D eigenvalue weighted by atomic mass is 10.4. The number of ether oxygens (including phenoxy) is 1. The number of rotatable bonds is 2. The number of halogens is 1. The Morgan fingerprint density at radius 1 is 1.53 bits per heavy atom. The third kappa shape index (κ3) is 2.19. The van der Waals surface area contributed by atoms with Crippen LogP contribution in [0.4, 0.5) is 0 Å². The van der Waals surface area contributed by atoms with Crippen LogP contribution in [0.15, 0.2) is 17.5 Å². The maximum Gasteiger partial charge on any atom is 0.357 e. The molecule has 0 saturated heterocycles. The molecule has 78 valence electrons. The van der Waals surface area contributed by atoms with Gasteiger partial charge in [0.05, 0.1) is 16.3 Å². The summed E-state index contributed by atoms with van der Waals surface area (Å²) in [4.78, 5) is 16.3. The van der Waals surface area contributed by atoms with Crippen LogP contribution in [0.5, 0.6) is 0 Å². The van der Waals surface area contributed by atoms with Gasteiger partial charge in [-0.25, -0.2) is 9.78 Å². The average Bonchev–Trinajstić information content (AvgIpc) is 2.84. The van der Waals surface area contributed by atoms with E-state index in [-0.39, 0.29) is 0 Å². The Hall–Kier alpha value is -0.910. The molecule has 0 aromatic carbocycles. The Bertz CT molecular complexity index is 492. The largest absolute Gasteiger partial charge is 0.464 e. The molecule has 0 atom stereocenters. The molecule has 15 heavy (non-hydrogen) atoms. The van der Waals surface area contributed by atoms with Crippen molar-refractivity contribution in [2.45, 2.75) is 0 Å². The Morgan fingerprint density at radius 2 is 2.33 bits per heavy atom. The van der Waals surface area contributed by atoms with Gasteiger partial charge in [0, 0.05) is 5.38 Å². The molecule has 3 nitrogen and oxygen atoms in total. The topological polar surface area (TPSA) is 39.2 Å². The predicted octanol–water partition coefficient (Wildman–Crippen LogP) is 3.31. The number of nitrogens with zero attached hydrogens (tertiary/aromatic N) is 1. The number of hydrogen-bond acceptors (Lipinski definition) is 5. The van der Waals surface area contributed by atoms with Gasteiger partial charge in [0.2, 0.25) is 0 Å². The fourth-order valence-corrected chi connectivity index (χ4v) is 2.92. The number of aromatic nitrogens is 1. The second-order valence-corrected chi connectivity index (χ2v) is 5.21. The summed E-state index contributed by atoms with van der Waals surface area (Å²) in [6.45, 7) is 0. The second kappa shape index (κ2) is 4.30. The molecule has 0 unspecified atom stereocenters. The van der Waals surface area contributed by atoms with Crippen LogP contribution in [-0.4, -0.2) is 18.1 Å². The van der Waals surface area contributed by atoms with Crippen molar-refractivity contribution >= 4 is 40.2 Å². The molecule has 0 saturated carbocycles.